The summed E-state index contributed by atoms with van der Waals surface area (Å²) in [6.45, 7) is 0.513. The highest BCUT2D eigenvalue weighted by molar-refractivity contribution is 5.94. The fraction of sp³-hybridized carbons (Fsp3) is 0.125. The first kappa shape index (κ1) is 7.12. The molecule has 0 aromatic rings. The van der Waals surface area contributed by atoms with Gasteiger partial charge in [-0.05, 0) is 12.2 Å². The number of amides is 1. The number of carbonyl (C=O) groups is 1. The zero-order valence-corrected chi connectivity index (χ0v) is 6.45. The second-order valence-electron chi connectivity index (χ2n) is 2.63. The van der Waals surface area contributed by atoms with Crippen molar-refractivity contribution in [1.82, 2.24) is 10.4 Å². The maximum atomic E-state index is 10.9. The monoisotopic (exact) mass is 163 g/mol. The van der Waals surface area contributed by atoms with E-state index in [1.54, 1.807) is 5.01 Å². The zero-order chi connectivity index (χ0) is 8.55. The summed E-state index contributed by atoms with van der Waals surface area (Å²) in [7, 11) is 0. The van der Waals surface area contributed by atoms with Crippen LogP contribution >= 0.6 is 0 Å². The van der Waals surface area contributed by atoms with E-state index in [2.05, 4.69) is 5.43 Å². The Bertz CT molecular complexity index is 314. The van der Waals surface area contributed by atoms with Gasteiger partial charge in [0.15, 0.2) is 0 Å². The van der Waals surface area contributed by atoms with E-state index in [0.717, 1.165) is 5.70 Å². The molecule has 4 heteroatoms. The Morgan fingerprint density at radius 3 is 3.17 bits per heavy atom. The van der Waals surface area contributed by atoms with Crippen molar-refractivity contribution in [3.63, 3.8) is 0 Å². The summed E-state index contributed by atoms with van der Waals surface area (Å²) in [6.07, 6.45) is 7.48. The molecular weight excluding hydrogens is 154 g/mol. The minimum atomic E-state index is -0.361. The molecule has 4 nitrogen and oxygen atoms in total. The van der Waals surface area contributed by atoms with Gasteiger partial charge in [0.05, 0.1) is 11.3 Å². The zero-order valence-electron chi connectivity index (χ0n) is 6.45. The highest BCUT2D eigenvalue weighted by Gasteiger charge is 2.22. The summed E-state index contributed by atoms with van der Waals surface area (Å²) >= 11 is 0. The van der Waals surface area contributed by atoms with E-state index in [1.807, 2.05) is 24.4 Å². The van der Waals surface area contributed by atoms with Crippen LogP contribution in [0.1, 0.15) is 0 Å². The molecule has 0 saturated carbocycles. The summed E-state index contributed by atoms with van der Waals surface area (Å²) in [5, 5.41) is 1.79. The summed E-state index contributed by atoms with van der Waals surface area (Å²) < 4.78 is 0. The third-order valence-corrected chi connectivity index (χ3v) is 1.89. The molecule has 0 aromatic heterocycles. The van der Waals surface area contributed by atoms with Crippen LogP contribution in [0, 0.1) is 0 Å². The summed E-state index contributed by atoms with van der Waals surface area (Å²) in [4.78, 5) is 10.9. The van der Waals surface area contributed by atoms with Crippen LogP contribution in [0.5, 0.6) is 0 Å². The molecule has 12 heavy (non-hydrogen) atoms. The van der Waals surface area contributed by atoms with Crippen molar-refractivity contribution in [3.8, 4) is 0 Å². The minimum Gasteiger partial charge on any atom is -0.366 e. The van der Waals surface area contributed by atoms with Crippen molar-refractivity contribution in [1.29, 1.82) is 0 Å². The second kappa shape index (κ2) is 2.49. The first-order valence-corrected chi connectivity index (χ1v) is 3.69. The molecule has 0 aliphatic carbocycles. The second-order valence-corrected chi connectivity index (χ2v) is 2.63. The Morgan fingerprint density at radius 2 is 2.42 bits per heavy atom. The predicted octanol–water partition coefficient (Wildman–Crippen LogP) is -0.371. The predicted molar refractivity (Wildman–Crippen MR) is 44.3 cm³/mol. The van der Waals surface area contributed by atoms with Crippen LogP contribution in [-0.4, -0.2) is 17.5 Å². The van der Waals surface area contributed by atoms with Crippen LogP contribution in [0.15, 0.2) is 35.7 Å². The fourth-order valence-corrected chi connectivity index (χ4v) is 1.30. The molecule has 2 rings (SSSR count). The minimum absolute atomic E-state index is 0.361. The normalized spacial score (nSPS) is 20.2. The Hall–Kier alpha value is -1.55. The van der Waals surface area contributed by atoms with E-state index in [1.165, 1.54) is 0 Å². The third-order valence-electron chi connectivity index (χ3n) is 1.89. The molecule has 0 saturated heterocycles. The Kier molecular flexibility index (Phi) is 1.48. The van der Waals surface area contributed by atoms with Crippen molar-refractivity contribution >= 4 is 5.91 Å². The number of nitrogens with two attached hydrogens (primary N) is 1. The topological polar surface area (TPSA) is 58.4 Å². The molecule has 0 aromatic carbocycles. The van der Waals surface area contributed by atoms with Gasteiger partial charge in [-0.1, -0.05) is 6.08 Å². The van der Waals surface area contributed by atoms with Gasteiger partial charge in [-0.3, -0.25) is 9.80 Å². The maximum absolute atomic E-state index is 10.9. The maximum Gasteiger partial charge on any atom is 0.248 e. The van der Waals surface area contributed by atoms with Crippen LogP contribution in [0.2, 0.25) is 0 Å². The van der Waals surface area contributed by atoms with Gasteiger partial charge in [-0.25, -0.2) is 5.43 Å². The van der Waals surface area contributed by atoms with Gasteiger partial charge in [-0.2, -0.15) is 0 Å². The smallest absolute Gasteiger partial charge is 0.248 e. The van der Waals surface area contributed by atoms with Crippen molar-refractivity contribution in [2.75, 3.05) is 6.54 Å². The molecule has 0 atom stereocenters. The van der Waals surface area contributed by atoms with Crippen LogP contribution in [0.4, 0.5) is 0 Å². The average molecular weight is 163 g/mol. The highest BCUT2D eigenvalue weighted by atomic mass is 16.1. The van der Waals surface area contributed by atoms with Crippen molar-refractivity contribution in [2.24, 2.45) is 5.73 Å². The first-order valence-electron chi connectivity index (χ1n) is 3.69. The number of fused-ring (bicyclic) bond motifs is 1. The largest absolute Gasteiger partial charge is 0.366 e. The number of primary amides is 1. The molecule has 0 radical (unpaired) electrons. The lowest BCUT2D eigenvalue weighted by Crippen LogP contribution is -2.26. The van der Waals surface area contributed by atoms with Crippen LogP contribution in [-0.2, 0) is 4.79 Å². The number of nitrogens with zero attached hydrogens (tertiary/aromatic N) is 1. The van der Waals surface area contributed by atoms with Gasteiger partial charge < -0.3 is 5.73 Å². The number of nitrogens with one attached hydrogen (secondary N) is 1. The van der Waals surface area contributed by atoms with E-state index in [4.69, 9.17) is 5.73 Å². The van der Waals surface area contributed by atoms with Gasteiger partial charge in [-0.15, -0.1) is 0 Å². The van der Waals surface area contributed by atoms with Crippen LogP contribution in [0.25, 0.3) is 0 Å². The van der Waals surface area contributed by atoms with Crippen molar-refractivity contribution in [3.05, 3.63) is 35.7 Å². The van der Waals surface area contributed by atoms with E-state index >= 15 is 0 Å². The summed E-state index contributed by atoms with van der Waals surface area (Å²) in [5.74, 6) is -0.361. The molecule has 1 amide bonds. The molecular formula is C8H9N3O. The van der Waals surface area contributed by atoms with Gasteiger partial charge in [0.2, 0.25) is 5.91 Å². The molecule has 0 spiro atoms. The molecule has 2 aliphatic rings. The summed E-state index contributed by atoms with van der Waals surface area (Å²) in [6, 6.07) is 0. The Balaban J connectivity index is 2.40. The average Bonchev–Trinajstić information content (AvgIpc) is 2.47. The van der Waals surface area contributed by atoms with E-state index in [-0.39, 0.29) is 5.91 Å². The van der Waals surface area contributed by atoms with E-state index in [9.17, 15) is 4.79 Å². The standard InChI is InChI=1S/C8H9N3O/c9-8(12)6-5-10-11-4-2-1-3-7(6)11/h1-4,10H,5H2,(H2,9,12). The van der Waals surface area contributed by atoms with Crippen LogP contribution in [0.3, 0.4) is 0 Å². The number of allylic oxidation sites excluding steroid dienone is 3. The molecule has 0 fully saturated rings. The molecule has 2 aliphatic heterocycles. The van der Waals surface area contributed by atoms with Gasteiger partial charge in [0.25, 0.3) is 0 Å². The number of rotatable bonds is 1. The molecule has 0 bridgehead atoms. The lowest BCUT2D eigenvalue weighted by Gasteiger charge is -2.16. The third kappa shape index (κ3) is 0.931. The number of hydrogen-bond donors (Lipinski definition) is 2. The highest BCUT2D eigenvalue weighted by Crippen LogP contribution is 2.19. The lowest BCUT2D eigenvalue weighted by atomic mass is 10.2. The molecule has 3 N–H and O–H groups in total. The van der Waals surface area contributed by atoms with Gasteiger partial charge in [0.1, 0.15) is 0 Å². The lowest BCUT2D eigenvalue weighted by molar-refractivity contribution is -0.114. The van der Waals surface area contributed by atoms with Crippen molar-refractivity contribution in [2.45, 2.75) is 0 Å². The molecule has 0 unspecified atom stereocenters. The summed E-state index contributed by atoms with van der Waals surface area (Å²) in [5.41, 5.74) is 9.68. The van der Waals surface area contributed by atoms with E-state index < -0.39 is 0 Å². The fourth-order valence-electron chi connectivity index (χ4n) is 1.30. The van der Waals surface area contributed by atoms with Gasteiger partial charge >= 0.3 is 0 Å². The van der Waals surface area contributed by atoms with Crippen molar-refractivity contribution < 1.29 is 4.79 Å². The Morgan fingerprint density at radius 1 is 1.58 bits per heavy atom. The number of hydrogen-bond acceptors (Lipinski definition) is 3. The Labute approximate surface area is 70.0 Å². The number of hydrazine groups is 1. The quantitative estimate of drug-likeness (QED) is 0.554. The molecule has 62 valence electrons. The number of carbonyl (C=O) groups excluding carboxylic acids is 1. The van der Waals surface area contributed by atoms with Gasteiger partial charge in [0, 0.05) is 12.7 Å². The molecule has 2 heterocycles. The van der Waals surface area contributed by atoms with E-state index in [0.29, 0.717) is 12.1 Å². The SMILES string of the molecule is NC(=O)C1=C2C=CC=CN2NC1. The van der Waals surface area contributed by atoms with Crippen LogP contribution < -0.4 is 11.2 Å². The first-order chi connectivity index (χ1) is 5.79.